The maximum Gasteiger partial charge on any atom is 0.230 e. The van der Waals surface area contributed by atoms with E-state index in [1.807, 2.05) is 24.3 Å². The Kier molecular flexibility index (Phi) is 5.05. The number of hydrogen-bond donors (Lipinski definition) is 1. The third kappa shape index (κ3) is 3.41. The Balaban J connectivity index is 1.62. The molecule has 3 aromatic heterocycles. The highest BCUT2D eigenvalue weighted by Crippen LogP contribution is 2.44. The van der Waals surface area contributed by atoms with E-state index < -0.39 is 0 Å². The van der Waals surface area contributed by atoms with Crippen LogP contribution in [0.25, 0.3) is 16.5 Å². The van der Waals surface area contributed by atoms with E-state index in [1.165, 1.54) is 22.3 Å². The lowest BCUT2D eigenvalue weighted by Crippen LogP contribution is -2.41. The van der Waals surface area contributed by atoms with Gasteiger partial charge in [0.2, 0.25) is 16.7 Å². The van der Waals surface area contributed by atoms with Crippen LogP contribution in [0.1, 0.15) is 36.8 Å². The Hall–Kier alpha value is -2.35. The number of hydrogen-bond acceptors (Lipinski definition) is 6. The van der Waals surface area contributed by atoms with E-state index in [1.54, 1.807) is 18.4 Å². The molecule has 30 heavy (non-hydrogen) atoms. The van der Waals surface area contributed by atoms with Gasteiger partial charge in [-0.3, -0.25) is 4.90 Å². The predicted molar refractivity (Wildman–Crippen MR) is 118 cm³/mol. The number of likely N-dealkylation sites (tertiary alicyclic amines) is 1. The zero-order valence-electron chi connectivity index (χ0n) is 16.8. The normalized spacial score (nSPS) is 21.3. The quantitative estimate of drug-likeness (QED) is 0.453. The summed E-state index contributed by atoms with van der Waals surface area (Å²) in [7, 11) is 0. The molecule has 0 radical (unpaired) electrons. The standard InChI is InChI=1S/C22H23ClN4O2S/c1-13-10-14(2)12-26(11-13)18(15-6-3-4-7-16(15)23)19-21(28)27-22(30-19)24-20(25-27)17-8-5-9-29-17/h3-9,13-14,18,28H,10-12H2,1-2H3/t13-,14-,18-/m1/s1. The summed E-state index contributed by atoms with van der Waals surface area (Å²) in [5.74, 6) is 2.30. The van der Waals surface area contributed by atoms with Gasteiger partial charge in [0.1, 0.15) is 0 Å². The van der Waals surface area contributed by atoms with E-state index >= 15 is 0 Å². The molecule has 4 heterocycles. The van der Waals surface area contributed by atoms with Crippen molar-refractivity contribution in [2.45, 2.75) is 26.3 Å². The lowest BCUT2D eigenvalue weighted by Gasteiger charge is -2.40. The van der Waals surface area contributed by atoms with Crippen molar-refractivity contribution in [3.8, 4) is 17.5 Å². The molecule has 5 rings (SSSR count). The first-order valence-electron chi connectivity index (χ1n) is 10.1. The summed E-state index contributed by atoms with van der Waals surface area (Å²) in [4.78, 5) is 8.44. The van der Waals surface area contributed by atoms with Gasteiger partial charge in [-0.05, 0) is 42.0 Å². The van der Waals surface area contributed by atoms with E-state index in [-0.39, 0.29) is 11.9 Å². The monoisotopic (exact) mass is 442 g/mol. The van der Waals surface area contributed by atoms with Gasteiger partial charge in [-0.25, -0.2) is 0 Å². The van der Waals surface area contributed by atoms with Crippen molar-refractivity contribution in [1.82, 2.24) is 19.5 Å². The number of fused-ring (bicyclic) bond motifs is 1. The third-order valence-electron chi connectivity index (χ3n) is 5.65. The molecular formula is C22H23ClN4O2S. The number of benzene rings is 1. The van der Waals surface area contributed by atoms with Crippen LogP contribution < -0.4 is 0 Å². The van der Waals surface area contributed by atoms with E-state index in [2.05, 4.69) is 28.8 Å². The van der Waals surface area contributed by atoms with E-state index in [0.29, 0.717) is 33.4 Å². The maximum absolute atomic E-state index is 11.2. The molecule has 6 nitrogen and oxygen atoms in total. The lowest BCUT2D eigenvalue weighted by atomic mass is 9.89. The third-order valence-corrected chi connectivity index (χ3v) is 7.07. The topological polar surface area (TPSA) is 66.8 Å². The van der Waals surface area contributed by atoms with Crippen LogP contribution in [0.15, 0.2) is 47.1 Å². The largest absolute Gasteiger partial charge is 0.492 e. The van der Waals surface area contributed by atoms with Crippen molar-refractivity contribution < 1.29 is 9.52 Å². The highest BCUT2D eigenvalue weighted by Gasteiger charge is 2.34. The van der Waals surface area contributed by atoms with Gasteiger partial charge in [-0.1, -0.05) is 55.0 Å². The molecule has 1 N–H and O–H groups in total. The molecule has 1 aromatic carbocycles. The molecule has 1 aliphatic rings. The van der Waals surface area contributed by atoms with Gasteiger partial charge in [-0.2, -0.15) is 9.50 Å². The first kappa shape index (κ1) is 19.6. The van der Waals surface area contributed by atoms with Crippen LogP contribution in [0.2, 0.25) is 5.02 Å². The molecule has 0 amide bonds. The van der Waals surface area contributed by atoms with Gasteiger partial charge in [-0.15, -0.1) is 5.10 Å². The summed E-state index contributed by atoms with van der Waals surface area (Å²) in [5.41, 5.74) is 0.992. The fourth-order valence-corrected chi connectivity index (χ4v) is 5.91. The number of thiazole rings is 1. The molecule has 0 bridgehead atoms. The molecule has 0 spiro atoms. The van der Waals surface area contributed by atoms with Crippen molar-refractivity contribution in [2.75, 3.05) is 13.1 Å². The van der Waals surface area contributed by atoms with Crippen LogP contribution >= 0.6 is 22.9 Å². The molecule has 4 aromatic rings. The molecule has 1 saturated heterocycles. The Labute approximate surface area is 183 Å². The highest BCUT2D eigenvalue weighted by atomic mass is 35.5. The van der Waals surface area contributed by atoms with Crippen LogP contribution in [0.5, 0.6) is 5.88 Å². The van der Waals surface area contributed by atoms with Crippen molar-refractivity contribution in [3.05, 3.63) is 58.1 Å². The van der Waals surface area contributed by atoms with E-state index in [0.717, 1.165) is 23.5 Å². The molecule has 0 aliphatic carbocycles. The first-order valence-corrected chi connectivity index (χ1v) is 11.3. The second kappa shape index (κ2) is 7.72. The van der Waals surface area contributed by atoms with Gasteiger partial charge >= 0.3 is 0 Å². The SMILES string of the molecule is C[C@@H]1C[C@@H](C)CN([C@H](c2ccccc2Cl)c2sc3nc(-c4ccco4)nn3c2O)C1. The Morgan fingerprint density at radius 3 is 2.60 bits per heavy atom. The van der Waals surface area contributed by atoms with Crippen molar-refractivity contribution in [3.63, 3.8) is 0 Å². The predicted octanol–water partition coefficient (Wildman–Crippen LogP) is 5.48. The first-order chi connectivity index (χ1) is 14.5. The summed E-state index contributed by atoms with van der Waals surface area (Å²) < 4.78 is 6.90. The molecule has 1 fully saturated rings. The van der Waals surface area contributed by atoms with Crippen molar-refractivity contribution >= 4 is 27.9 Å². The maximum atomic E-state index is 11.2. The number of aromatic nitrogens is 3. The Morgan fingerprint density at radius 1 is 1.17 bits per heavy atom. The Bertz CT molecular complexity index is 1160. The second-order valence-corrected chi connectivity index (χ2v) is 9.64. The molecule has 3 atom stereocenters. The number of furan rings is 1. The summed E-state index contributed by atoms with van der Waals surface area (Å²) in [6.45, 7) is 6.46. The van der Waals surface area contributed by atoms with E-state index in [9.17, 15) is 5.11 Å². The van der Waals surface area contributed by atoms with Crippen LogP contribution in [-0.2, 0) is 0 Å². The van der Waals surface area contributed by atoms with Crippen LogP contribution in [0.4, 0.5) is 0 Å². The average molecular weight is 443 g/mol. The number of piperidine rings is 1. The lowest BCUT2D eigenvalue weighted by molar-refractivity contribution is 0.112. The molecule has 1 aliphatic heterocycles. The number of aromatic hydroxyl groups is 1. The fourth-order valence-electron chi connectivity index (χ4n) is 4.56. The zero-order valence-corrected chi connectivity index (χ0v) is 18.4. The molecule has 0 saturated carbocycles. The minimum absolute atomic E-state index is 0.108. The summed E-state index contributed by atoms with van der Waals surface area (Å²) in [6, 6.07) is 11.3. The summed E-state index contributed by atoms with van der Waals surface area (Å²) in [6.07, 6.45) is 2.79. The summed E-state index contributed by atoms with van der Waals surface area (Å²) in [5, 5.41) is 16.3. The van der Waals surface area contributed by atoms with Gasteiger partial charge in [0.05, 0.1) is 17.2 Å². The number of nitrogens with zero attached hydrogens (tertiary/aromatic N) is 4. The number of halogens is 1. The fraction of sp³-hybridized carbons (Fsp3) is 0.364. The zero-order chi connectivity index (χ0) is 20.8. The minimum Gasteiger partial charge on any atom is -0.492 e. The van der Waals surface area contributed by atoms with Crippen LogP contribution in [-0.4, -0.2) is 37.7 Å². The van der Waals surface area contributed by atoms with Gasteiger partial charge in [0.15, 0.2) is 5.76 Å². The molecule has 156 valence electrons. The minimum atomic E-state index is -0.149. The average Bonchev–Trinajstić information content (AvgIpc) is 3.42. The van der Waals surface area contributed by atoms with Crippen LogP contribution in [0.3, 0.4) is 0 Å². The van der Waals surface area contributed by atoms with E-state index in [4.69, 9.17) is 16.0 Å². The van der Waals surface area contributed by atoms with Crippen LogP contribution in [0, 0.1) is 11.8 Å². The highest BCUT2D eigenvalue weighted by molar-refractivity contribution is 7.17. The second-order valence-electron chi connectivity index (χ2n) is 8.22. The molecule has 0 unspecified atom stereocenters. The van der Waals surface area contributed by atoms with Gasteiger partial charge in [0.25, 0.3) is 0 Å². The smallest absolute Gasteiger partial charge is 0.230 e. The van der Waals surface area contributed by atoms with Gasteiger partial charge < -0.3 is 9.52 Å². The van der Waals surface area contributed by atoms with Crippen molar-refractivity contribution in [2.24, 2.45) is 11.8 Å². The molecular weight excluding hydrogens is 420 g/mol. The number of rotatable bonds is 4. The van der Waals surface area contributed by atoms with Crippen molar-refractivity contribution in [1.29, 1.82) is 0 Å². The summed E-state index contributed by atoms with van der Waals surface area (Å²) >= 11 is 8.07. The Morgan fingerprint density at radius 2 is 1.93 bits per heavy atom. The molecule has 8 heteroatoms. The van der Waals surface area contributed by atoms with Gasteiger partial charge in [0, 0.05) is 18.1 Å².